The fourth-order valence-corrected chi connectivity index (χ4v) is 9.47. The van der Waals surface area contributed by atoms with E-state index in [2.05, 4.69) is 9.97 Å². The van der Waals surface area contributed by atoms with Gasteiger partial charge in [-0.1, -0.05) is 27.7 Å². The second-order valence-corrected chi connectivity index (χ2v) is 17.2. The number of carbonyl (C=O) groups excluding carboxylic acids is 4. The largest absolute Gasteiger partial charge is 0.458 e. The van der Waals surface area contributed by atoms with E-state index >= 15 is 0 Å². The van der Waals surface area contributed by atoms with Gasteiger partial charge in [-0.3, -0.25) is 19.4 Å². The number of ether oxygens (including phenoxy) is 5. The van der Waals surface area contributed by atoms with Crippen molar-refractivity contribution in [1.82, 2.24) is 24.3 Å². The van der Waals surface area contributed by atoms with Crippen molar-refractivity contribution in [2.24, 2.45) is 23.7 Å². The molecule has 16 nitrogen and oxygen atoms in total. The summed E-state index contributed by atoms with van der Waals surface area (Å²) in [5, 5.41) is 22.6. The monoisotopic (exact) mass is 827 g/mol. The van der Waals surface area contributed by atoms with Gasteiger partial charge >= 0.3 is 12.1 Å². The molecule has 16 heteroatoms. The van der Waals surface area contributed by atoms with Crippen LogP contribution in [0.5, 0.6) is 0 Å². The number of aryl methyl sites for hydroxylation is 1. The Bertz CT molecular complexity index is 1750. The van der Waals surface area contributed by atoms with Crippen LogP contribution in [0, 0.1) is 23.7 Å². The van der Waals surface area contributed by atoms with Crippen molar-refractivity contribution in [2.45, 2.75) is 141 Å². The van der Waals surface area contributed by atoms with Crippen LogP contribution in [0.15, 0.2) is 37.1 Å². The molecule has 2 aromatic heterocycles. The van der Waals surface area contributed by atoms with Crippen molar-refractivity contribution in [3.8, 4) is 11.3 Å². The molecule has 0 saturated carbocycles. The number of Topliss-reactive ketones (excluding diaryl/α,β-unsaturated/α-hetero) is 2. The fraction of sp³-hybridized carbons (Fsp3) is 0.721. The van der Waals surface area contributed by atoms with Gasteiger partial charge in [-0.05, 0) is 79.1 Å². The van der Waals surface area contributed by atoms with E-state index in [1.54, 1.807) is 58.2 Å². The van der Waals surface area contributed by atoms with Gasteiger partial charge in [0.25, 0.3) is 0 Å². The average Bonchev–Trinajstić information content (AvgIpc) is 3.80. The van der Waals surface area contributed by atoms with Crippen LogP contribution < -0.4 is 0 Å². The summed E-state index contributed by atoms with van der Waals surface area (Å²) in [6.07, 6.45) is 3.47. The highest BCUT2D eigenvalue weighted by atomic mass is 16.7. The van der Waals surface area contributed by atoms with Gasteiger partial charge in [0.2, 0.25) is 0 Å². The maximum Gasteiger partial charge on any atom is 0.410 e. The van der Waals surface area contributed by atoms with Crippen LogP contribution in [0.2, 0.25) is 0 Å². The number of likely N-dealkylation sites (N-methyl/N-ethyl adjacent to an activating group) is 1. The van der Waals surface area contributed by atoms with Gasteiger partial charge in [-0.15, -0.1) is 0 Å². The van der Waals surface area contributed by atoms with Crippen molar-refractivity contribution >= 4 is 23.6 Å². The molecule has 0 bridgehead atoms. The zero-order chi connectivity index (χ0) is 43.4. The van der Waals surface area contributed by atoms with E-state index in [1.165, 1.54) is 14.0 Å². The van der Waals surface area contributed by atoms with Gasteiger partial charge in [0.15, 0.2) is 17.7 Å². The molecule has 2 N–H and O–H groups in total. The van der Waals surface area contributed by atoms with Crippen LogP contribution in [-0.2, 0) is 44.6 Å². The number of imidazole rings is 1. The predicted molar refractivity (Wildman–Crippen MR) is 216 cm³/mol. The minimum Gasteiger partial charge on any atom is -0.458 e. The third-order valence-corrected chi connectivity index (χ3v) is 12.9. The lowest BCUT2D eigenvalue weighted by atomic mass is 9.73. The molecule has 3 aliphatic rings. The SMILES string of the molecule is CC[C@H]1OC(=O)[C@H](C)C(=O)[C@H](C)[C@@H](O[C@@H]2O[C@H](C)C[C@H](N(C)C)[C@H]2O)[C@](CO)(OC)C[C@@H](C)C(=O)[C@H](C)[C@H]2N(CCCCn3cnc(-c4cccnc4)c3)C(=O)O[C@]12C. The number of hydrogen-bond donors (Lipinski definition) is 2. The standard InChI is InChI=1S/C43H65N5O11/c1-11-33-42(7)37(48(41(54)59-42)18-13-12-17-47-22-31(45-24-47)30-15-14-16-44-21-30)27(4)34(50)25(2)20-43(23-49,55-10)38(28(5)35(51)29(6)39(53)57-33)58-40-36(52)32(46(8)9)19-26(3)56-40/h14-16,21-22,24-29,32-33,36-38,40,49,52H,11-13,17-20,23H2,1-10H3/t25-,26-,27+,28+,29-,32+,33-,36-,37-,38-,40+,42-,43+/m1/s1. The molecule has 13 atom stereocenters. The number of nitrogens with zero attached hydrogens (tertiary/aromatic N) is 5. The number of carbonyl (C=O) groups is 4. The van der Waals surface area contributed by atoms with Gasteiger partial charge in [-0.25, -0.2) is 9.78 Å². The average molecular weight is 828 g/mol. The molecule has 0 spiro atoms. The maximum atomic E-state index is 14.7. The fourth-order valence-electron chi connectivity index (χ4n) is 9.47. The van der Waals surface area contributed by atoms with Crippen molar-refractivity contribution in [2.75, 3.05) is 34.4 Å². The predicted octanol–water partition coefficient (Wildman–Crippen LogP) is 3.90. The van der Waals surface area contributed by atoms with Crippen LogP contribution in [0.4, 0.5) is 4.79 Å². The number of esters is 1. The quantitative estimate of drug-likeness (QED) is 0.178. The van der Waals surface area contributed by atoms with Crippen molar-refractivity contribution < 1.29 is 53.1 Å². The van der Waals surface area contributed by atoms with E-state index in [9.17, 15) is 29.4 Å². The number of aliphatic hydroxyl groups is 2. The van der Waals surface area contributed by atoms with Gasteiger partial charge in [0, 0.05) is 68.1 Å². The summed E-state index contributed by atoms with van der Waals surface area (Å²) in [4.78, 5) is 69.0. The molecule has 328 valence electrons. The first-order valence-electron chi connectivity index (χ1n) is 20.9. The van der Waals surface area contributed by atoms with Crippen molar-refractivity contribution in [1.29, 1.82) is 0 Å². The van der Waals surface area contributed by atoms with Gasteiger partial charge in [0.1, 0.15) is 35.6 Å². The van der Waals surface area contributed by atoms with Gasteiger partial charge in [0.05, 0.1) is 30.8 Å². The zero-order valence-electron chi connectivity index (χ0n) is 36.3. The number of aromatic nitrogens is 3. The molecule has 0 radical (unpaired) electrons. The highest BCUT2D eigenvalue weighted by Gasteiger charge is 2.60. The Morgan fingerprint density at radius 2 is 1.75 bits per heavy atom. The number of pyridine rings is 1. The lowest BCUT2D eigenvalue weighted by Gasteiger charge is -2.47. The number of unbranched alkanes of at least 4 members (excludes halogenated alkanes) is 1. The van der Waals surface area contributed by atoms with E-state index in [0.717, 1.165) is 11.3 Å². The third kappa shape index (κ3) is 9.57. The Kier molecular flexibility index (Phi) is 15.1. The first kappa shape index (κ1) is 46.3. The normalized spacial score (nSPS) is 36.3. The summed E-state index contributed by atoms with van der Waals surface area (Å²) in [6, 6.07) is 2.60. The molecule has 3 fully saturated rings. The minimum atomic E-state index is -1.67. The lowest BCUT2D eigenvalue weighted by molar-refractivity contribution is -0.300. The minimum absolute atomic E-state index is 0.0961. The van der Waals surface area contributed by atoms with Crippen LogP contribution in [0.1, 0.15) is 80.6 Å². The Balaban J connectivity index is 1.45. The molecule has 0 unspecified atom stereocenters. The summed E-state index contributed by atoms with van der Waals surface area (Å²) >= 11 is 0. The highest BCUT2D eigenvalue weighted by Crippen LogP contribution is 2.43. The first-order valence-corrected chi connectivity index (χ1v) is 20.9. The second kappa shape index (κ2) is 19.3. The van der Waals surface area contributed by atoms with Crippen molar-refractivity contribution in [3.63, 3.8) is 0 Å². The van der Waals surface area contributed by atoms with E-state index < -0.39 is 90.0 Å². The number of fused-ring (bicyclic) bond motifs is 1. The molecule has 5 heterocycles. The third-order valence-electron chi connectivity index (χ3n) is 12.9. The van der Waals surface area contributed by atoms with Crippen LogP contribution in [-0.4, -0.2) is 147 Å². The van der Waals surface area contributed by atoms with E-state index in [1.807, 2.05) is 48.8 Å². The Morgan fingerprint density at radius 1 is 1.03 bits per heavy atom. The highest BCUT2D eigenvalue weighted by molar-refractivity contribution is 6.00. The summed E-state index contributed by atoms with van der Waals surface area (Å²) in [6.45, 7) is 12.0. The van der Waals surface area contributed by atoms with E-state index in [0.29, 0.717) is 25.8 Å². The molecular formula is C43H65N5O11. The molecule has 2 aromatic rings. The molecule has 0 aromatic carbocycles. The van der Waals surface area contributed by atoms with Crippen LogP contribution in [0.25, 0.3) is 11.3 Å². The van der Waals surface area contributed by atoms with Crippen molar-refractivity contribution in [3.05, 3.63) is 37.1 Å². The Morgan fingerprint density at radius 3 is 2.37 bits per heavy atom. The Hall–Kier alpha value is -3.80. The number of amides is 1. The Labute approximate surface area is 347 Å². The summed E-state index contributed by atoms with van der Waals surface area (Å²) in [7, 11) is 5.04. The van der Waals surface area contributed by atoms with E-state index in [4.69, 9.17) is 23.7 Å². The molecular weight excluding hydrogens is 762 g/mol. The summed E-state index contributed by atoms with van der Waals surface area (Å²) < 4.78 is 32.9. The van der Waals surface area contributed by atoms with Crippen LogP contribution in [0.3, 0.4) is 0 Å². The zero-order valence-corrected chi connectivity index (χ0v) is 36.3. The molecule has 1 amide bonds. The smallest absolute Gasteiger partial charge is 0.410 e. The lowest BCUT2D eigenvalue weighted by Crippen LogP contribution is -2.62. The molecule has 5 rings (SSSR count). The number of aliphatic hydroxyl groups excluding tert-OH is 2. The number of rotatable bonds is 12. The molecule has 3 aliphatic heterocycles. The van der Waals surface area contributed by atoms with E-state index in [-0.39, 0.29) is 37.3 Å². The number of hydrogen-bond acceptors (Lipinski definition) is 14. The van der Waals surface area contributed by atoms with Crippen LogP contribution >= 0.6 is 0 Å². The number of ketones is 2. The topological polar surface area (TPSA) is 192 Å². The first-order chi connectivity index (χ1) is 27.9. The summed E-state index contributed by atoms with van der Waals surface area (Å²) in [5.41, 5.74) is -1.42. The number of methoxy groups -OCH3 is 1. The molecule has 59 heavy (non-hydrogen) atoms. The molecule has 3 saturated heterocycles. The van der Waals surface area contributed by atoms with Gasteiger partial charge in [-0.2, -0.15) is 0 Å². The van der Waals surface area contributed by atoms with Gasteiger partial charge < -0.3 is 48.3 Å². The maximum absolute atomic E-state index is 14.7. The second-order valence-electron chi connectivity index (χ2n) is 17.2. The summed E-state index contributed by atoms with van der Waals surface area (Å²) in [5.74, 6) is -5.68. The molecule has 0 aliphatic carbocycles. The number of cyclic esters (lactones) is 1.